The zero-order valence-electron chi connectivity index (χ0n) is 54.9. The molecule has 0 saturated carbocycles. The molecule has 10 atom stereocenters. The zero-order chi connectivity index (χ0) is 81.3. The molecule has 112 heavy (non-hydrogen) atoms. The Bertz CT molecular complexity index is 5420. The summed E-state index contributed by atoms with van der Waals surface area (Å²) in [7, 11) is 0. The van der Waals surface area contributed by atoms with Crippen molar-refractivity contribution in [3.05, 3.63) is 105 Å². The lowest BCUT2D eigenvalue weighted by molar-refractivity contribution is -0.284. The van der Waals surface area contributed by atoms with Crippen LogP contribution in [0.1, 0.15) is 82.9 Å². The molecular weight excluding hydrogens is 1520 g/mol. The lowest BCUT2D eigenvalue weighted by Crippen LogP contribution is -2.62. The van der Waals surface area contributed by atoms with Gasteiger partial charge in [0.25, 0.3) is 0 Å². The van der Waals surface area contributed by atoms with Gasteiger partial charge in [0.2, 0.25) is 34.5 Å². The predicted octanol–water partition coefficient (Wildman–Crippen LogP) is 2.17. The molecule has 0 unspecified atom stereocenters. The van der Waals surface area contributed by atoms with Gasteiger partial charge >= 0.3 is 47.8 Å². The van der Waals surface area contributed by atoms with Crippen LogP contribution >= 0.6 is 0 Å². The molecule has 6 aliphatic heterocycles. The van der Waals surface area contributed by atoms with Gasteiger partial charge in [0.05, 0.1) is 33.4 Å². The number of aromatic hydroxyl groups is 22. The molecule has 584 valence electrons. The van der Waals surface area contributed by atoms with Crippen molar-refractivity contribution in [1.29, 1.82) is 0 Å². The number of hydrogen-bond acceptors (Lipinski definition) is 44. The van der Waals surface area contributed by atoms with E-state index in [2.05, 4.69) is 0 Å². The van der Waals surface area contributed by atoms with Gasteiger partial charge in [-0.25, -0.2) is 38.4 Å². The van der Waals surface area contributed by atoms with Gasteiger partial charge in [0.15, 0.2) is 153 Å². The first-order chi connectivity index (χ1) is 52.8. The van der Waals surface area contributed by atoms with Gasteiger partial charge in [-0.2, -0.15) is 0 Å². The van der Waals surface area contributed by atoms with E-state index in [-0.39, 0.29) is 30.3 Å². The summed E-state index contributed by atoms with van der Waals surface area (Å²) in [5.41, 5.74) is -16.2. The van der Waals surface area contributed by atoms with E-state index < -0.39 is 339 Å². The molecule has 0 radical (unpaired) electrons. The first-order valence-corrected chi connectivity index (χ1v) is 31.2. The minimum atomic E-state index is -2.96. The number of phenols is 22. The van der Waals surface area contributed by atoms with E-state index in [1.54, 1.807) is 0 Å². The number of benzene rings is 8. The first-order valence-electron chi connectivity index (χ1n) is 31.2. The monoisotopic (exact) mass is 1570 g/mol. The van der Waals surface area contributed by atoms with E-state index in [0.29, 0.717) is 30.3 Å². The predicted molar refractivity (Wildman–Crippen MR) is 344 cm³/mol. The largest absolute Gasteiger partial charge is 0.504 e. The summed E-state index contributed by atoms with van der Waals surface area (Å²) < 4.78 is 67.6. The molecule has 8 aromatic carbocycles. The summed E-state index contributed by atoms with van der Waals surface area (Å²) >= 11 is 0. The Morgan fingerprint density at radius 1 is 0.286 bits per heavy atom. The van der Waals surface area contributed by atoms with Crippen molar-refractivity contribution in [3.8, 4) is 172 Å². The average molecular weight is 1570 g/mol. The SMILES string of the molecule is O=C(O[C@@H]1[C@H]2OC(=O)c3c(cc(O)c(O)c3O)Oc3cc4c(c(O)c3O)-c3c(cc(O)c(O)c3O)C(=O)OC[C@H]3O[C@@H](O)[C@H](OC(=O)c5c(cc(O)c(O)c5O)Oc5cc6c(c(O)c5O)-c5c(cc(O)c(O)c5O)C(=O)O[C@@H]1[C@H](COC6=O)O[C@@H]2O)[C@@H](OC(=O)c1cc(O)c(O)c(O)c1)[C@@H]3OC4=O)c1cc(O)c(O)c(O)c1. The molecule has 24 N–H and O–H groups in total. The summed E-state index contributed by atoms with van der Waals surface area (Å²) in [4.78, 5) is 119. The standard InChI is InChI=1S/C68H48O44/c69-19-1-13(2-20(70)39(19)77)59(91)109-55-53-32-12-102-62(94)17-7-29(45(83)49(87)35(17)34-16(63(95)107-53)6-24(74)42(80)48(34)86)103-27-9-25(75)43(81)51(89)37(27)65(97)112-58-56(110-60(92)14-3-21(71)40(78)22(72)4-14)54-31(105-68(58)100)11-101-61(93)15-5-23(73)41(79)47(85)33(15)36-18(64(96)108-54)8-30(46(84)50(36)88)104-28-10-26(76)44(82)52(90)38(28)66(98)111-57(55)67(99)106-32/h1-10,31-32,53-58,67-90,99-100H,11-12H2/t31-,32+,53-,54-,55+,56+,57-,58-,67+,68-/m1/s1. The van der Waals surface area contributed by atoms with E-state index in [1.165, 1.54) is 0 Å². The van der Waals surface area contributed by atoms with Gasteiger partial charge in [-0.15, -0.1) is 0 Å². The van der Waals surface area contributed by atoms with Crippen LogP contribution in [0.5, 0.6) is 149 Å². The average Bonchev–Trinajstić information content (AvgIpc) is 1.13. The van der Waals surface area contributed by atoms with Gasteiger partial charge in [0, 0.05) is 46.5 Å². The number of ether oxygens (including phenoxy) is 12. The number of rotatable bonds is 4. The van der Waals surface area contributed by atoms with Gasteiger partial charge in [-0.1, -0.05) is 0 Å². The van der Waals surface area contributed by atoms with Crippen LogP contribution in [0.2, 0.25) is 0 Å². The van der Waals surface area contributed by atoms with Crippen molar-refractivity contribution in [3.63, 3.8) is 0 Å². The number of esters is 8. The number of hydrogen-bond donors (Lipinski definition) is 24. The highest BCUT2D eigenvalue weighted by molar-refractivity contribution is 6.11. The van der Waals surface area contributed by atoms with Crippen LogP contribution in [0.15, 0.2) is 60.7 Å². The Balaban J connectivity index is 1.08. The molecule has 14 rings (SSSR count). The normalized spacial score (nSPS) is 21.4. The minimum absolute atomic E-state index is 0.176. The van der Waals surface area contributed by atoms with Crippen LogP contribution in [0.25, 0.3) is 22.3 Å². The molecule has 0 aliphatic carbocycles. The third-order valence-corrected chi connectivity index (χ3v) is 17.7. The maximum absolute atomic E-state index is 15.5. The second-order valence-corrected chi connectivity index (χ2v) is 24.4. The van der Waals surface area contributed by atoms with E-state index in [1.807, 2.05) is 0 Å². The van der Waals surface area contributed by atoms with Crippen molar-refractivity contribution >= 4 is 47.8 Å². The van der Waals surface area contributed by atoms with E-state index in [9.17, 15) is 142 Å². The molecule has 8 aromatic rings. The van der Waals surface area contributed by atoms with Gasteiger partial charge < -0.3 is 179 Å². The van der Waals surface area contributed by atoms with Crippen molar-refractivity contribution in [2.75, 3.05) is 13.2 Å². The Labute approximate surface area is 615 Å². The van der Waals surface area contributed by atoms with Crippen LogP contribution in [0, 0.1) is 0 Å². The smallest absolute Gasteiger partial charge is 0.346 e. The van der Waals surface area contributed by atoms with Crippen LogP contribution in [-0.4, -0.2) is 245 Å². The number of carbonyl (C=O) groups excluding carboxylic acids is 8. The first kappa shape index (κ1) is 74.8. The van der Waals surface area contributed by atoms with E-state index >= 15 is 19.2 Å². The zero-order valence-corrected chi connectivity index (χ0v) is 54.9. The number of cyclic esters (lactones) is 1. The van der Waals surface area contributed by atoms with E-state index in [0.717, 1.165) is 0 Å². The fourth-order valence-corrected chi connectivity index (χ4v) is 12.3. The Kier molecular flexibility index (Phi) is 18.3. The molecule has 9 bridgehead atoms. The molecule has 2 saturated heterocycles. The van der Waals surface area contributed by atoms with Crippen molar-refractivity contribution in [1.82, 2.24) is 0 Å². The molecule has 0 aromatic heterocycles. The second kappa shape index (κ2) is 27.4. The summed E-state index contributed by atoms with van der Waals surface area (Å²) in [5, 5.41) is 269. The highest BCUT2D eigenvalue weighted by Crippen LogP contribution is 2.58. The topological polar surface area (TPSA) is 733 Å². The summed E-state index contributed by atoms with van der Waals surface area (Å²) in [5.74, 6) is -56.4. The Morgan fingerprint density at radius 2 is 0.554 bits per heavy atom. The number of aliphatic hydroxyl groups is 2. The summed E-state index contributed by atoms with van der Waals surface area (Å²) in [6.07, 6.45) is -27.8. The highest BCUT2D eigenvalue weighted by atomic mass is 16.7. The molecule has 2 fully saturated rings. The summed E-state index contributed by atoms with van der Waals surface area (Å²) in [6, 6.07) is 3.07. The van der Waals surface area contributed by atoms with Gasteiger partial charge in [-0.05, 0) is 36.4 Å². The van der Waals surface area contributed by atoms with Crippen molar-refractivity contribution in [2.45, 2.75) is 61.4 Å². The van der Waals surface area contributed by atoms with Crippen LogP contribution < -0.4 is 9.47 Å². The Morgan fingerprint density at radius 3 is 0.893 bits per heavy atom. The lowest BCUT2D eigenvalue weighted by atomic mass is 9.91. The number of phenolic OH excluding ortho intramolecular Hbond substituents is 22. The summed E-state index contributed by atoms with van der Waals surface area (Å²) in [6.45, 7) is -2.98. The van der Waals surface area contributed by atoms with Crippen LogP contribution in [0.4, 0.5) is 0 Å². The maximum Gasteiger partial charge on any atom is 0.346 e. The highest BCUT2D eigenvalue weighted by Gasteiger charge is 2.56. The van der Waals surface area contributed by atoms with Crippen LogP contribution in [0.3, 0.4) is 0 Å². The van der Waals surface area contributed by atoms with Crippen molar-refractivity contribution < 1.29 is 218 Å². The number of fused-ring (bicyclic) bond motifs is 7. The maximum atomic E-state index is 15.5. The van der Waals surface area contributed by atoms with Gasteiger partial charge in [0.1, 0.15) is 48.0 Å². The minimum Gasteiger partial charge on any atom is -0.504 e. The third kappa shape index (κ3) is 12.4. The molecule has 44 heteroatoms. The Hall–Kier alpha value is -15.4. The third-order valence-electron chi connectivity index (χ3n) is 17.7. The molecule has 6 aliphatic rings. The lowest BCUT2D eigenvalue weighted by Gasteiger charge is -2.42. The van der Waals surface area contributed by atoms with Crippen LogP contribution in [-0.2, 0) is 47.4 Å². The second-order valence-electron chi connectivity index (χ2n) is 24.4. The quantitative estimate of drug-likeness (QED) is 0.0682. The van der Waals surface area contributed by atoms with Gasteiger partial charge in [-0.3, -0.25) is 0 Å². The molecule has 0 amide bonds. The van der Waals surface area contributed by atoms with E-state index in [4.69, 9.17) is 56.8 Å². The number of carbonyl (C=O) groups is 8. The fraction of sp³-hybridized carbons (Fsp3) is 0.176. The fourth-order valence-electron chi connectivity index (χ4n) is 12.3. The number of aliphatic hydroxyl groups excluding tert-OH is 2. The molecular formula is C68H48O44. The molecule has 44 nitrogen and oxygen atoms in total. The molecule has 0 spiro atoms. The molecule has 6 heterocycles. The van der Waals surface area contributed by atoms with Crippen molar-refractivity contribution in [2.24, 2.45) is 0 Å².